The smallest absolute Gasteiger partial charge is 0.117 e. The highest BCUT2D eigenvalue weighted by atomic mass is 16.5. The summed E-state index contributed by atoms with van der Waals surface area (Å²) in [5.74, 6) is 2.31. The van der Waals surface area contributed by atoms with Crippen molar-refractivity contribution in [2.75, 3.05) is 13.2 Å². The molecular formula is C14H20N4O2. The van der Waals surface area contributed by atoms with Crippen molar-refractivity contribution in [1.29, 1.82) is 0 Å². The summed E-state index contributed by atoms with van der Waals surface area (Å²) in [6, 6.07) is 3.99. The molecule has 0 bridgehead atoms. The van der Waals surface area contributed by atoms with Crippen molar-refractivity contribution in [3.63, 3.8) is 0 Å². The first-order valence-corrected chi connectivity index (χ1v) is 6.95. The Morgan fingerprint density at radius 2 is 2.30 bits per heavy atom. The maximum absolute atomic E-state index is 5.72. The Kier molecular flexibility index (Phi) is 3.84. The average molecular weight is 276 g/mol. The molecular weight excluding hydrogens is 256 g/mol. The standard InChI is InChI=1S/C14H20N4O2/c1-10-3-4-13(20-10)6-15-5-12-7-18-14(9-19-8-12)11(2)16-17-18/h3-4,12,15H,5-9H2,1-2H3/t12-/m1/s1. The minimum absolute atomic E-state index is 0.397. The predicted molar refractivity (Wildman–Crippen MR) is 73.1 cm³/mol. The zero-order chi connectivity index (χ0) is 13.9. The van der Waals surface area contributed by atoms with Crippen molar-refractivity contribution in [3.8, 4) is 0 Å². The topological polar surface area (TPSA) is 65.1 Å². The third kappa shape index (κ3) is 2.91. The Hall–Kier alpha value is -1.66. The summed E-state index contributed by atoms with van der Waals surface area (Å²) in [7, 11) is 0. The summed E-state index contributed by atoms with van der Waals surface area (Å²) >= 11 is 0. The second kappa shape index (κ2) is 5.76. The van der Waals surface area contributed by atoms with Crippen molar-refractivity contribution in [1.82, 2.24) is 20.3 Å². The maximum Gasteiger partial charge on any atom is 0.117 e. The summed E-state index contributed by atoms with van der Waals surface area (Å²) in [5, 5.41) is 11.7. The Morgan fingerprint density at radius 1 is 1.40 bits per heavy atom. The first-order chi connectivity index (χ1) is 9.72. The van der Waals surface area contributed by atoms with Gasteiger partial charge in [-0.05, 0) is 26.0 Å². The summed E-state index contributed by atoms with van der Waals surface area (Å²) in [4.78, 5) is 0. The number of aromatic nitrogens is 3. The number of nitrogens with one attached hydrogen (secondary N) is 1. The van der Waals surface area contributed by atoms with Crippen LogP contribution in [0.25, 0.3) is 0 Å². The van der Waals surface area contributed by atoms with Crippen LogP contribution < -0.4 is 5.32 Å². The molecule has 6 heteroatoms. The molecule has 0 radical (unpaired) electrons. The predicted octanol–water partition coefficient (Wildman–Crippen LogP) is 1.42. The number of fused-ring (bicyclic) bond motifs is 1. The van der Waals surface area contributed by atoms with Gasteiger partial charge in [-0.3, -0.25) is 0 Å². The van der Waals surface area contributed by atoms with Gasteiger partial charge in [0.1, 0.15) is 11.5 Å². The molecule has 2 aromatic heterocycles. The Labute approximate surface area is 118 Å². The largest absolute Gasteiger partial charge is 0.465 e. The van der Waals surface area contributed by atoms with Crippen LogP contribution in [0.1, 0.15) is 22.9 Å². The molecule has 108 valence electrons. The zero-order valence-corrected chi connectivity index (χ0v) is 11.9. The van der Waals surface area contributed by atoms with E-state index in [4.69, 9.17) is 9.15 Å². The lowest BCUT2D eigenvalue weighted by molar-refractivity contribution is 0.0934. The zero-order valence-electron chi connectivity index (χ0n) is 11.9. The van der Waals surface area contributed by atoms with E-state index in [1.807, 2.05) is 30.7 Å². The van der Waals surface area contributed by atoms with Gasteiger partial charge in [0.25, 0.3) is 0 Å². The van der Waals surface area contributed by atoms with Crippen molar-refractivity contribution < 1.29 is 9.15 Å². The molecule has 20 heavy (non-hydrogen) atoms. The molecule has 1 N–H and O–H groups in total. The molecule has 6 nitrogen and oxygen atoms in total. The molecule has 0 spiro atoms. The molecule has 0 aliphatic carbocycles. The SMILES string of the molecule is Cc1ccc(CNC[C@H]2COCc3c(C)nnn3C2)o1. The van der Waals surface area contributed by atoms with E-state index in [1.165, 1.54) is 0 Å². The first-order valence-electron chi connectivity index (χ1n) is 6.95. The molecule has 0 fully saturated rings. The molecule has 3 rings (SSSR count). The summed E-state index contributed by atoms with van der Waals surface area (Å²) in [6.45, 7) is 7.74. The van der Waals surface area contributed by atoms with E-state index >= 15 is 0 Å². The molecule has 0 saturated heterocycles. The van der Waals surface area contributed by atoms with Crippen molar-refractivity contribution in [2.45, 2.75) is 33.5 Å². The van der Waals surface area contributed by atoms with Gasteiger partial charge in [0.15, 0.2) is 0 Å². The number of hydrogen-bond donors (Lipinski definition) is 1. The maximum atomic E-state index is 5.72. The highest BCUT2D eigenvalue weighted by molar-refractivity contribution is 5.07. The third-order valence-corrected chi connectivity index (χ3v) is 3.58. The highest BCUT2D eigenvalue weighted by Crippen LogP contribution is 2.14. The molecule has 1 aliphatic rings. The number of hydrogen-bond acceptors (Lipinski definition) is 5. The van der Waals surface area contributed by atoms with Crippen molar-refractivity contribution in [2.24, 2.45) is 5.92 Å². The van der Waals surface area contributed by atoms with Gasteiger partial charge in [0, 0.05) is 19.0 Å². The van der Waals surface area contributed by atoms with Gasteiger partial charge in [-0.15, -0.1) is 5.10 Å². The molecule has 1 atom stereocenters. The van der Waals surface area contributed by atoms with Crippen LogP contribution in [0.3, 0.4) is 0 Å². The number of furan rings is 1. The van der Waals surface area contributed by atoms with E-state index in [2.05, 4.69) is 15.6 Å². The van der Waals surface area contributed by atoms with E-state index in [9.17, 15) is 0 Å². The Balaban J connectivity index is 1.53. The first kappa shape index (κ1) is 13.3. The van der Waals surface area contributed by atoms with Gasteiger partial charge >= 0.3 is 0 Å². The lowest BCUT2D eigenvalue weighted by Gasteiger charge is -2.14. The monoisotopic (exact) mass is 276 g/mol. The van der Waals surface area contributed by atoms with Gasteiger partial charge in [0.2, 0.25) is 0 Å². The van der Waals surface area contributed by atoms with Crippen molar-refractivity contribution >= 4 is 0 Å². The molecule has 3 heterocycles. The molecule has 0 aromatic carbocycles. The summed E-state index contributed by atoms with van der Waals surface area (Å²) in [5.41, 5.74) is 2.05. The molecule has 0 saturated carbocycles. The molecule has 2 aromatic rings. The lowest BCUT2D eigenvalue weighted by atomic mass is 10.1. The van der Waals surface area contributed by atoms with Crippen LogP contribution in [-0.4, -0.2) is 28.1 Å². The van der Waals surface area contributed by atoms with E-state index in [1.54, 1.807) is 0 Å². The highest BCUT2D eigenvalue weighted by Gasteiger charge is 2.19. The second-order valence-electron chi connectivity index (χ2n) is 5.33. The Morgan fingerprint density at radius 3 is 3.10 bits per heavy atom. The van der Waals surface area contributed by atoms with Gasteiger partial charge in [-0.1, -0.05) is 5.21 Å². The van der Waals surface area contributed by atoms with Gasteiger partial charge in [-0.2, -0.15) is 0 Å². The number of nitrogens with zero attached hydrogens (tertiary/aromatic N) is 3. The molecule has 0 unspecified atom stereocenters. The average Bonchev–Trinajstić information content (AvgIpc) is 2.91. The Bertz CT molecular complexity index is 575. The number of rotatable bonds is 4. The molecule has 1 aliphatic heterocycles. The number of aryl methyl sites for hydroxylation is 2. The second-order valence-corrected chi connectivity index (χ2v) is 5.33. The normalized spacial score (nSPS) is 18.8. The van der Waals surface area contributed by atoms with Gasteiger partial charge < -0.3 is 14.5 Å². The fraction of sp³-hybridized carbons (Fsp3) is 0.571. The minimum Gasteiger partial charge on any atom is -0.465 e. The summed E-state index contributed by atoms with van der Waals surface area (Å²) < 4.78 is 13.2. The van der Waals surface area contributed by atoms with Crippen LogP contribution in [-0.2, 0) is 24.4 Å². The molecule has 0 amide bonds. The van der Waals surface area contributed by atoms with E-state index in [0.717, 1.165) is 49.1 Å². The van der Waals surface area contributed by atoms with Gasteiger partial charge in [0.05, 0.1) is 31.1 Å². The fourth-order valence-corrected chi connectivity index (χ4v) is 2.47. The minimum atomic E-state index is 0.397. The number of ether oxygens (including phenoxy) is 1. The van der Waals surface area contributed by atoms with Crippen LogP contribution in [0, 0.1) is 19.8 Å². The van der Waals surface area contributed by atoms with E-state index in [-0.39, 0.29) is 0 Å². The van der Waals surface area contributed by atoms with Crippen LogP contribution in [0.2, 0.25) is 0 Å². The third-order valence-electron chi connectivity index (χ3n) is 3.58. The van der Waals surface area contributed by atoms with Crippen LogP contribution in [0.5, 0.6) is 0 Å². The van der Waals surface area contributed by atoms with E-state index in [0.29, 0.717) is 12.5 Å². The van der Waals surface area contributed by atoms with Crippen LogP contribution in [0.4, 0.5) is 0 Å². The van der Waals surface area contributed by atoms with Crippen molar-refractivity contribution in [3.05, 3.63) is 35.0 Å². The van der Waals surface area contributed by atoms with E-state index < -0.39 is 0 Å². The van der Waals surface area contributed by atoms with Crippen LogP contribution >= 0.6 is 0 Å². The quantitative estimate of drug-likeness (QED) is 0.915. The van der Waals surface area contributed by atoms with Gasteiger partial charge in [-0.25, -0.2) is 4.68 Å². The lowest BCUT2D eigenvalue weighted by Crippen LogP contribution is -2.28. The van der Waals surface area contributed by atoms with Crippen LogP contribution in [0.15, 0.2) is 16.5 Å². The summed E-state index contributed by atoms with van der Waals surface area (Å²) in [6.07, 6.45) is 0. The fourth-order valence-electron chi connectivity index (χ4n) is 2.47.